The molecule has 0 aliphatic carbocycles. The van der Waals surface area contributed by atoms with E-state index in [0.29, 0.717) is 0 Å². The third-order valence-corrected chi connectivity index (χ3v) is 2.45. The van der Waals surface area contributed by atoms with Gasteiger partial charge in [-0.2, -0.15) is 12.6 Å². The highest BCUT2D eigenvalue weighted by Gasteiger charge is 2.33. The van der Waals surface area contributed by atoms with Gasteiger partial charge in [0.25, 0.3) is 0 Å². The quantitative estimate of drug-likeness (QED) is 0.465. The summed E-state index contributed by atoms with van der Waals surface area (Å²) in [6.07, 6.45) is 0.944. The van der Waals surface area contributed by atoms with Crippen LogP contribution in [0.4, 0.5) is 0 Å². The number of carbonyl (C=O) groups is 1. The number of carbonyl (C=O) groups excluding carboxylic acids is 1. The Morgan fingerprint density at radius 1 is 1.22 bits per heavy atom. The molecule has 0 saturated carbocycles. The van der Waals surface area contributed by atoms with E-state index in [2.05, 4.69) is 12.6 Å². The maximum Gasteiger partial charge on any atom is 0.126 e. The molecule has 0 rings (SSSR count). The molecule has 0 amide bonds. The maximum absolute atomic E-state index is 10.4. The van der Waals surface area contributed by atoms with Crippen molar-refractivity contribution in [3.8, 4) is 0 Å². The van der Waals surface area contributed by atoms with Crippen molar-refractivity contribution in [3.63, 3.8) is 0 Å². The number of hydrogen-bond donors (Lipinski definition) is 1. The molecular weight excluding hydrogens is 132 g/mol. The fourth-order valence-corrected chi connectivity index (χ4v) is 0.197. The van der Waals surface area contributed by atoms with Gasteiger partial charge in [0, 0.05) is 10.2 Å². The van der Waals surface area contributed by atoms with Crippen LogP contribution < -0.4 is 0 Å². The fraction of sp³-hybridized carbons (Fsp3) is 0.857. The van der Waals surface area contributed by atoms with Crippen LogP contribution in [0, 0.1) is 5.41 Å². The molecule has 0 aliphatic heterocycles. The lowest BCUT2D eigenvalue weighted by Gasteiger charge is -2.32. The van der Waals surface area contributed by atoms with Gasteiger partial charge in [-0.3, -0.25) is 0 Å². The fourth-order valence-electron chi connectivity index (χ4n) is 0.144. The number of rotatable bonds is 2. The highest BCUT2D eigenvalue weighted by atomic mass is 32.1. The third kappa shape index (κ3) is 2.01. The minimum Gasteiger partial charge on any atom is -0.303 e. The van der Waals surface area contributed by atoms with Crippen molar-refractivity contribution >= 4 is 18.9 Å². The van der Waals surface area contributed by atoms with Crippen LogP contribution in [0.2, 0.25) is 0 Å². The summed E-state index contributed by atoms with van der Waals surface area (Å²) in [6.45, 7) is 7.63. The van der Waals surface area contributed by atoms with Crippen LogP contribution in [-0.2, 0) is 4.79 Å². The van der Waals surface area contributed by atoms with E-state index >= 15 is 0 Å². The van der Waals surface area contributed by atoms with Crippen molar-refractivity contribution in [3.05, 3.63) is 0 Å². The predicted molar refractivity (Wildman–Crippen MR) is 42.9 cm³/mol. The van der Waals surface area contributed by atoms with E-state index in [1.54, 1.807) is 0 Å². The summed E-state index contributed by atoms with van der Waals surface area (Å²) >= 11 is 4.28. The molecule has 0 aromatic heterocycles. The molecule has 0 radical (unpaired) electrons. The Morgan fingerprint density at radius 3 is 1.56 bits per heavy atom. The zero-order valence-electron chi connectivity index (χ0n) is 6.43. The molecule has 0 N–H and O–H groups in total. The van der Waals surface area contributed by atoms with Gasteiger partial charge in [-0.1, -0.05) is 27.7 Å². The summed E-state index contributed by atoms with van der Waals surface area (Å²) in [7, 11) is 0. The third-order valence-electron chi connectivity index (χ3n) is 1.87. The molecule has 0 aromatic carbocycles. The first-order chi connectivity index (χ1) is 3.81. The Bertz CT molecular complexity index is 111. The van der Waals surface area contributed by atoms with Crippen LogP contribution in [0.5, 0.6) is 0 Å². The van der Waals surface area contributed by atoms with Crippen LogP contribution in [0.3, 0.4) is 0 Å². The van der Waals surface area contributed by atoms with Gasteiger partial charge in [-0.05, 0) is 0 Å². The smallest absolute Gasteiger partial charge is 0.126 e. The van der Waals surface area contributed by atoms with E-state index < -0.39 is 0 Å². The maximum atomic E-state index is 10.4. The topological polar surface area (TPSA) is 17.1 Å². The van der Waals surface area contributed by atoms with Gasteiger partial charge in [0.1, 0.15) is 6.29 Å². The van der Waals surface area contributed by atoms with Crippen LogP contribution >= 0.6 is 12.6 Å². The molecule has 0 heterocycles. The largest absolute Gasteiger partial charge is 0.303 e. The van der Waals surface area contributed by atoms with Crippen LogP contribution in [-0.4, -0.2) is 11.0 Å². The van der Waals surface area contributed by atoms with Crippen LogP contribution in [0.25, 0.3) is 0 Å². The molecule has 2 heteroatoms. The normalized spacial score (nSPS) is 13.4. The van der Waals surface area contributed by atoms with Gasteiger partial charge in [0.05, 0.1) is 0 Å². The molecule has 0 bridgehead atoms. The Labute approximate surface area is 62.2 Å². The first-order valence-electron chi connectivity index (χ1n) is 3.00. The second-order valence-corrected chi connectivity index (χ2v) is 4.52. The molecule has 0 atom stereocenters. The van der Waals surface area contributed by atoms with Gasteiger partial charge in [-0.25, -0.2) is 0 Å². The summed E-state index contributed by atoms with van der Waals surface area (Å²) in [6, 6.07) is 0. The first-order valence-corrected chi connectivity index (χ1v) is 3.45. The van der Waals surface area contributed by atoms with E-state index in [-0.39, 0.29) is 10.2 Å². The minimum absolute atomic E-state index is 0.227. The second kappa shape index (κ2) is 2.33. The predicted octanol–water partition coefficient (Wildman–Crippen LogP) is 1.92. The Hall–Kier alpha value is 0.0200. The minimum atomic E-state index is -0.337. The average molecular weight is 146 g/mol. The average Bonchev–Trinajstić information content (AvgIpc) is 1.64. The van der Waals surface area contributed by atoms with Crippen molar-refractivity contribution in [1.29, 1.82) is 0 Å². The van der Waals surface area contributed by atoms with Gasteiger partial charge in [0.2, 0.25) is 0 Å². The van der Waals surface area contributed by atoms with E-state index in [9.17, 15) is 4.79 Å². The van der Waals surface area contributed by atoms with E-state index in [4.69, 9.17) is 0 Å². The van der Waals surface area contributed by atoms with Crippen molar-refractivity contribution in [2.45, 2.75) is 32.4 Å². The summed E-state index contributed by atoms with van der Waals surface area (Å²) in [5.41, 5.74) is -0.337. The summed E-state index contributed by atoms with van der Waals surface area (Å²) in [5, 5.41) is 0. The van der Waals surface area contributed by atoms with Gasteiger partial charge >= 0.3 is 0 Å². The number of aldehydes is 1. The molecule has 9 heavy (non-hydrogen) atoms. The lowest BCUT2D eigenvalue weighted by atomic mass is 9.82. The zero-order chi connectivity index (χ0) is 7.71. The van der Waals surface area contributed by atoms with Crippen molar-refractivity contribution in [2.24, 2.45) is 5.41 Å². The molecule has 0 unspecified atom stereocenters. The first kappa shape index (κ1) is 9.02. The van der Waals surface area contributed by atoms with Gasteiger partial charge < -0.3 is 4.79 Å². The molecule has 0 aliphatic rings. The summed E-state index contributed by atoms with van der Waals surface area (Å²) in [5.74, 6) is 0. The second-order valence-electron chi connectivity index (χ2n) is 3.40. The molecule has 54 valence electrons. The summed E-state index contributed by atoms with van der Waals surface area (Å²) in [4.78, 5) is 10.4. The Kier molecular flexibility index (Phi) is 2.34. The Balaban J connectivity index is 4.32. The molecule has 0 fully saturated rings. The highest BCUT2D eigenvalue weighted by Crippen LogP contribution is 2.33. The van der Waals surface area contributed by atoms with Gasteiger partial charge in [0.15, 0.2) is 0 Å². The van der Waals surface area contributed by atoms with Crippen molar-refractivity contribution < 1.29 is 4.79 Å². The Morgan fingerprint density at radius 2 is 1.56 bits per heavy atom. The standard InChI is InChI=1S/C7H14OS/c1-6(2,5-8)7(3,4)9/h5,9H,1-4H3. The highest BCUT2D eigenvalue weighted by molar-refractivity contribution is 7.81. The molecular formula is C7H14OS. The van der Waals surface area contributed by atoms with Gasteiger partial charge in [-0.15, -0.1) is 0 Å². The molecule has 1 nitrogen and oxygen atoms in total. The lowest BCUT2D eigenvalue weighted by molar-refractivity contribution is -0.115. The zero-order valence-corrected chi connectivity index (χ0v) is 7.33. The van der Waals surface area contributed by atoms with E-state index in [1.807, 2.05) is 27.7 Å². The SMILES string of the molecule is CC(C)(S)C(C)(C)C=O. The summed E-state index contributed by atoms with van der Waals surface area (Å²) < 4.78 is -0.227. The monoisotopic (exact) mass is 146 g/mol. The number of hydrogen-bond acceptors (Lipinski definition) is 2. The van der Waals surface area contributed by atoms with E-state index in [1.165, 1.54) is 0 Å². The lowest BCUT2D eigenvalue weighted by Crippen LogP contribution is -2.34. The van der Waals surface area contributed by atoms with Crippen molar-refractivity contribution in [2.75, 3.05) is 0 Å². The molecule has 0 spiro atoms. The van der Waals surface area contributed by atoms with Crippen molar-refractivity contribution in [1.82, 2.24) is 0 Å². The molecule has 0 saturated heterocycles. The number of thiol groups is 1. The van der Waals surface area contributed by atoms with Crippen LogP contribution in [0.15, 0.2) is 0 Å². The van der Waals surface area contributed by atoms with E-state index in [0.717, 1.165) is 6.29 Å². The van der Waals surface area contributed by atoms with Crippen LogP contribution in [0.1, 0.15) is 27.7 Å². The molecule has 0 aromatic rings.